The third-order valence-electron chi connectivity index (χ3n) is 3.72. The Kier molecular flexibility index (Phi) is 6.51. The van der Waals surface area contributed by atoms with Gasteiger partial charge in [0.25, 0.3) is 0 Å². The average Bonchev–Trinajstić information content (AvgIpc) is 2.59. The van der Waals surface area contributed by atoms with Crippen LogP contribution in [0.4, 0.5) is 11.5 Å². The Morgan fingerprint density at radius 1 is 1.24 bits per heavy atom. The van der Waals surface area contributed by atoms with Crippen LogP contribution in [0.15, 0.2) is 47.5 Å². The Labute approximate surface area is 148 Å². The minimum absolute atomic E-state index is 0.0500. The van der Waals surface area contributed by atoms with Gasteiger partial charge in [-0.05, 0) is 39.8 Å². The SMILES string of the molecule is Cc1ccc(N=CC=C(N)OCC(C)Nc2ncnc(C)c2C)cc1. The standard InChI is InChI=1S/C19H25N5O/c1-13-5-7-17(8-6-13)21-10-9-18(20)25-11-14(2)24-19-15(3)16(4)22-12-23-19/h5-10,12,14H,11,20H2,1-4H3,(H,22,23,24). The molecule has 0 spiro atoms. The molecule has 0 fully saturated rings. The number of nitrogens with one attached hydrogen (secondary N) is 1. The summed E-state index contributed by atoms with van der Waals surface area (Å²) in [5, 5.41) is 3.30. The molecule has 0 saturated carbocycles. The van der Waals surface area contributed by atoms with Gasteiger partial charge in [-0.3, -0.25) is 4.99 Å². The van der Waals surface area contributed by atoms with Crippen LogP contribution < -0.4 is 11.1 Å². The number of nitrogens with two attached hydrogens (primary N) is 1. The molecule has 132 valence electrons. The number of nitrogens with zero attached hydrogens (tertiary/aromatic N) is 3. The molecule has 3 N–H and O–H groups in total. The molecule has 1 aromatic heterocycles. The van der Waals surface area contributed by atoms with Crippen molar-refractivity contribution in [3.63, 3.8) is 0 Å². The number of anilines is 1. The molecule has 0 aliphatic rings. The van der Waals surface area contributed by atoms with Crippen molar-refractivity contribution in [2.45, 2.75) is 33.7 Å². The first kappa shape index (κ1) is 18.4. The van der Waals surface area contributed by atoms with Gasteiger partial charge in [0.2, 0.25) is 0 Å². The molecule has 2 rings (SSSR count). The van der Waals surface area contributed by atoms with Crippen molar-refractivity contribution in [1.29, 1.82) is 0 Å². The van der Waals surface area contributed by atoms with E-state index in [2.05, 4.69) is 20.3 Å². The van der Waals surface area contributed by atoms with E-state index in [-0.39, 0.29) is 6.04 Å². The number of hydrogen-bond acceptors (Lipinski definition) is 6. The van der Waals surface area contributed by atoms with E-state index in [1.165, 1.54) is 5.56 Å². The van der Waals surface area contributed by atoms with E-state index in [9.17, 15) is 0 Å². The average molecular weight is 339 g/mol. The summed E-state index contributed by atoms with van der Waals surface area (Å²) in [4.78, 5) is 12.7. The number of aromatic nitrogens is 2. The lowest BCUT2D eigenvalue weighted by Crippen LogP contribution is -2.24. The highest BCUT2D eigenvalue weighted by molar-refractivity contribution is 5.74. The molecular formula is C19H25N5O. The number of aliphatic imine (C=N–C) groups is 1. The third-order valence-corrected chi connectivity index (χ3v) is 3.72. The third kappa shape index (κ3) is 5.91. The normalized spacial score (nSPS) is 13.0. The van der Waals surface area contributed by atoms with Gasteiger partial charge in [0.05, 0.1) is 11.7 Å². The lowest BCUT2D eigenvalue weighted by Gasteiger charge is -2.17. The summed E-state index contributed by atoms with van der Waals surface area (Å²) in [7, 11) is 0. The minimum Gasteiger partial charge on any atom is -0.477 e. The van der Waals surface area contributed by atoms with Gasteiger partial charge in [0, 0.05) is 23.5 Å². The van der Waals surface area contributed by atoms with Crippen molar-refractivity contribution in [1.82, 2.24) is 9.97 Å². The number of allylic oxidation sites excluding steroid dienone is 1. The van der Waals surface area contributed by atoms with Crippen molar-refractivity contribution in [2.75, 3.05) is 11.9 Å². The van der Waals surface area contributed by atoms with E-state index in [0.717, 1.165) is 22.8 Å². The predicted octanol–water partition coefficient (Wildman–Crippen LogP) is 3.42. The van der Waals surface area contributed by atoms with E-state index in [0.29, 0.717) is 12.5 Å². The Morgan fingerprint density at radius 3 is 2.68 bits per heavy atom. The fraction of sp³-hybridized carbons (Fsp3) is 0.316. The minimum atomic E-state index is 0.0500. The van der Waals surface area contributed by atoms with Crippen LogP contribution in [0.3, 0.4) is 0 Å². The topological polar surface area (TPSA) is 85.4 Å². The smallest absolute Gasteiger partial charge is 0.185 e. The maximum atomic E-state index is 5.85. The second-order valence-electron chi connectivity index (χ2n) is 5.97. The molecule has 0 aliphatic heterocycles. The van der Waals surface area contributed by atoms with Gasteiger partial charge in [-0.1, -0.05) is 17.7 Å². The maximum Gasteiger partial charge on any atom is 0.185 e. The summed E-state index contributed by atoms with van der Waals surface area (Å²) in [5.74, 6) is 1.13. The zero-order valence-electron chi connectivity index (χ0n) is 15.2. The lowest BCUT2D eigenvalue weighted by molar-refractivity contribution is 0.201. The van der Waals surface area contributed by atoms with Crippen molar-refractivity contribution < 1.29 is 4.74 Å². The molecule has 0 radical (unpaired) electrons. The summed E-state index contributed by atoms with van der Waals surface area (Å²) >= 11 is 0. The van der Waals surface area contributed by atoms with Crippen molar-refractivity contribution in [3.8, 4) is 0 Å². The van der Waals surface area contributed by atoms with Gasteiger partial charge < -0.3 is 15.8 Å². The molecule has 6 nitrogen and oxygen atoms in total. The molecule has 0 bridgehead atoms. The first-order chi connectivity index (χ1) is 12.0. The Balaban J connectivity index is 1.83. The number of aryl methyl sites for hydroxylation is 2. The zero-order chi connectivity index (χ0) is 18.2. The fourth-order valence-corrected chi connectivity index (χ4v) is 2.06. The number of ether oxygens (including phenoxy) is 1. The van der Waals surface area contributed by atoms with Gasteiger partial charge in [-0.25, -0.2) is 9.97 Å². The first-order valence-corrected chi connectivity index (χ1v) is 8.19. The predicted molar refractivity (Wildman–Crippen MR) is 102 cm³/mol. The molecule has 0 amide bonds. The first-order valence-electron chi connectivity index (χ1n) is 8.19. The summed E-state index contributed by atoms with van der Waals surface area (Å²) < 4.78 is 5.54. The quantitative estimate of drug-likeness (QED) is 0.596. The van der Waals surface area contributed by atoms with E-state index >= 15 is 0 Å². The van der Waals surface area contributed by atoms with Crippen LogP contribution in [0, 0.1) is 20.8 Å². The van der Waals surface area contributed by atoms with Gasteiger partial charge in [-0.15, -0.1) is 0 Å². The van der Waals surface area contributed by atoms with Crippen LogP contribution in [-0.2, 0) is 4.74 Å². The molecule has 6 heteroatoms. The molecule has 1 atom stereocenters. The second kappa shape index (κ2) is 8.82. The lowest BCUT2D eigenvalue weighted by atomic mass is 10.2. The van der Waals surface area contributed by atoms with Crippen LogP contribution >= 0.6 is 0 Å². The summed E-state index contributed by atoms with van der Waals surface area (Å²) in [6.45, 7) is 8.41. The highest BCUT2D eigenvalue weighted by Gasteiger charge is 2.08. The number of rotatable bonds is 7. The van der Waals surface area contributed by atoms with Gasteiger partial charge in [-0.2, -0.15) is 0 Å². The Morgan fingerprint density at radius 2 is 1.96 bits per heavy atom. The van der Waals surface area contributed by atoms with E-state index in [1.807, 2.05) is 52.0 Å². The number of hydrogen-bond donors (Lipinski definition) is 2. The Hall–Kier alpha value is -2.89. The zero-order valence-corrected chi connectivity index (χ0v) is 15.2. The number of benzene rings is 1. The van der Waals surface area contributed by atoms with Crippen LogP contribution in [0.1, 0.15) is 23.7 Å². The van der Waals surface area contributed by atoms with Gasteiger partial charge >= 0.3 is 0 Å². The van der Waals surface area contributed by atoms with E-state index < -0.39 is 0 Å². The largest absolute Gasteiger partial charge is 0.477 e. The van der Waals surface area contributed by atoms with E-state index in [1.54, 1.807) is 18.6 Å². The van der Waals surface area contributed by atoms with Gasteiger partial charge in [0.1, 0.15) is 18.8 Å². The molecular weight excluding hydrogens is 314 g/mol. The highest BCUT2D eigenvalue weighted by Crippen LogP contribution is 2.14. The van der Waals surface area contributed by atoms with Crippen molar-refractivity contribution in [2.24, 2.45) is 10.7 Å². The molecule has 1 unspecified atom stereocenters. The highest BCUT2D eigenvalue weighted by atomic mass is 16.5. The van der Waals surface area contributed by atoms with Gasteiger partial charge in [0.15, 0.2) is 5.88 Å². The van der Waals surface area contributed by atoms with Crippen LogP contribution in [0.5, 0.6) is 0 Å². The van der Waals surface area contributed by atoms with Crippen LogP contribution in [0.25, 0.3) is 0 Å². The molecule has 1 heterocycles. The summed E-state index contributed by atoms with van der Waals surface area (Å²) in [6, 6.07) is 7.98. The molecule has 0 aliphatic carbocycles. The fourth-order valence-electron chi connectivity index (χ4n) is 2.06. The van der Waals surface area contributed by atoms with E-state index in [4.69, 9.17) is 10.5 Å². The maximum absolute atomic E-state index is 5.85. The molecule has 0 saturated heterocycles. The van der Waals surface area contributed by atoms with Crippen LogP contribution in [0.2, 0.25) is 0 Å². The van der Waals surface area contributed by atoms with Crippen molar-refractivity contribution in [3.05, 3.63) is 59.4 Å². The summed E-state index contributed by atoms with van der Waals surface area (Å²) in [5.41, 5.74) is 9.91. The van der Waals surface area contributed by atoms with Crippen LogP contribution in [-0.4, -0.2) is 28.8 Å². The molecule has 25 heavy (non-hydrogen) atoms. The Bertz CT molecular complexity index is 753. The monoisotopic (exact) mass is 339 g/mol. The second-order valence-corrected chi connectivity index (χ2v) is 5.97. The molecule has 2 aromatic rings. The van der Waals surface area contributed by atoms with Crippen molar-refractivity contribution >= 4 is 17.7 Å². The molecule has 1 aromatic carbocycles. The summed E-state index contributed by atoms with van der Waals surface area (Å²) in [6.07, 6.45) is 4.83.